The first-order chi connectivity index (χ1) is 30.1. The van der Waals surface area contributed by atoms with Gasteiger partial charge in [0.15, 0.2) is 6.29 Å². The van der Waals surface area contributed by atoms with Crippen molar-refractivity contribution in [2.75, 3.05) is 26.4 Å². The Hall–Kier alpha value is -1.68. The van der Waals surface area contributed by atoms with Crippen LogP contribution in [0.3, 0.4) is 0 Å². The zero-order chi connectivity index (χ0) is 45.4. The van der Waals surface area contributed by atoms with Gasteiger partial charge >= 0.3 is 16.4 Å². The Bertz CT molecular complexity index is 1230. The fourth-order valence-corrected chi connectivity index (χ4v) is 8.01. The summed E-state index contributed by atoms with van der Waals surface area (Å²) in [5, 5.41) is 30.7. The van der Waals surface area contributed by atoms with E-state index in [4.69, 9.17) is 23.5 Å². The van der Waals surface area contributed by atoms with Crippen molar-refractivity contribution in [3.63, 3.8) is 0 Å². The van der Waals surface area contributed by atoms with Gasteiger partial charge in [-0.05, 0) is 51.4 Å². The maximum Gasteiger partial charge on any atom is 0.397 e. The van der Waals surface area contributed by atoms with Crippen LogP contribution in [0.1, 0.15) is 206 Å². The van der Waals surface area contributed by atoms with Crippen molar-refractivity contribution < 1.29 is 56.2 Å². The fraction of sp³-hybridized carbons (Fsp3) is 0.857. The van der Waals surface area contributed by atoms with Gasteiger partial charge < -0.3 is 34.3 Å². The average Bonchev–Trinajstić information content (AvgIpc) is 3.24. The lowest BCUT2D eigenvalue weighted by Crippen LogP contribution is -2.60. The highest BCUT2D eigenvalue weighted by Crippen LogP contribution is 2.26. The number of aliphatic hydroxyl groups excluding tert-OH is 3. The van der Waals surface area contributed by atoms with E-state index in [-0.39, 0.29) is 19.6 Å². The molecular weight excluding hydrogens is 813 g/mol. The third-order valence-electron chi connectivity index (χ3n) is 11.3. The topological polar surface area (TPSA) is 178 Å². The number of unbranched alkanes of at least 4 members (excludes halogenated alkanes) is 24. The van der Waals surface area contributed by atoms with E-state index in [1.165, 1.54) is 122 Å². The molecule has 0 saturated carbocycles. The van der Waals surface area contributed by atoms with Crippen molar-refractivity contribution >= 4 is 16.4 Å². The minimum atomic E-state index is -5.06. The Kier molecular flexibility index (Phi) is 38.4. The molecule has 12 nitrogen and oxygen atoms in total. The van der Waals surface area contributed by atoms with Gasteiger partial charge in [0.25, 0.3) is 0 Å². The van der Waals surface area contributed by atoms with Gasteiger partial charge in [-0.15, -0.1) is 0 Å². The molecule has 0 aromatic carbocycles. The number of esters is 1. The van der Waals surface area contributed by atoms with Crippen LogP contribution >= 0.6 is 0 Å². The summed E-state index contributed by atoms with van der Waals surface area (Å²) >= 11 is 0. The van der Waals surface area contributed by atoms with Crippen LogP contribution in [0.5, 0.6) is 0 Å². The molecule has 0 aromatic rings. The largest absolute Gasteiger partial charge is 0.457 e. The van der Waals surface area contributed by atoms with Gasteiger partial charge in [-0.3, -0.25) is 9.35 Å². The number of allylic oxidation sites excluding steroid dienone is 6. The second kappa shape index (κ2) is 40.8. The summed E-state index contributed by atoms with van der Waals surface area (Å²) < 4.78 is 59.1. The lowest BCUT2D eigenvalue weighted by atomic mass is 9.99. The van der Waals surface area contributed by atoms with Gasteiger partial charge in [-0.1, -0.05) is 185 Å². The predicted molar refractivity (Wildman–Crippen MR) is 248 cm³/mol. The Morgan fingerprint density at radius 3 is 1.55 bits per heavy atom. The summed E-state index contributed by atoms with van der Waals surface area (Å²) in [4.78, 5) is 12.9. The second-order valence-electron chi connectivity index (χ2n) is 17.1. The minimum Gasteiger partial charge on any atom is -0.457 e. The molecule has 6 unspecified atom stereocenters. The van der Waals surface area contributed by atoms with Crippen molar-refractivity contribution in [1.29, 1.82) is 0 Å². The molecule has 1 saturated heterocycles. The summed E-state index contributed by atoms with van der Waals surface area (Å²) in [5.74, 6) is -0.402. The van der Waals surface area contributed by atoms with Crippen LogP contribution in [0, 0.1) is 0 Å². The van der Waals surface area contributed by atoms with Crippen LogP contribution in [-0.4, -0.2) is 97.5 Å². The molecule has 1 heterocycles. The predicted octanol–water partition coefficient (Wildman–Crippen LogP) is 11.0. The van der Waals surface area contributed by atoms with E-state index in [2.05, 4.69) is 54.5 Å². The smallest absolute Gasteiger partial charge is 0.397 e. The number of hydrogen-bond donors (Lipinski definition) is 4. The second-order valence-corrected chi connectivity index (χ2v) is 18.1. The van der Waals surface area contributed by atoms with Crippen molar-refractivity contribution in [3.05, 3.63) is 36.5 Å². The van der Waals surface area contributed by atoms with E-state index < -0.39 is 59.8 Å². The van der Waals surface area contributed by atoms with Crippen LogP contribution in [0.25, 0.3) is 0 Å². The van der Waals surface area contributed by atoms with Gasteiger partial charge in [0.2, 0.25) is 0 Å². The Labute approximate surface area is 377 Å². The van der Waals surface area contributed by atoms with Crippen LogP contribution in [0.4, 0.5) is 0 Å². The maximum absolute atomic E-state index is 12.9. The summed E-state index contributed by atoms with van der Waals surface area (Å²) in [6.45, 7) is 3.97. The molecule has 1 aliphatic heterocycles. The van der Waals surface area contributed by atoms with Crippen molar-refractivity contribution in [3.8, 4) is 0 Å². The van der Waals surface area contributed by atoms with E-state index >= 15 is 0 Å². The maximum atomic E-state index is 12.9. The first-order valence-electron chi connectivity index (χ1n) is 24.7. The Morgan fingerprint density at radius 1 is 0.613 bits per heavy atom. The number of ether oxygens (including phenoxy) is 4. The zero-order valence-corrected chi connectivity index (χ0v) is 39.7. The normalized spacial score (nSPS) is 20.3. The van der Waals surface area contributed by atoms with Gasteiger partial charge in [0.1, 0.15) is 30.5 Å². The lowest BCUT2D eigenvalue weighted by Gasteiger charge is -2.41. The average molecular weight is 903 g/mol. The summed E-state index contributed by atoms with van der Waals surface area (Å²) in [6, 6.07) is 0. The highest BCUT2D eigenvalue weighted by Gasteiger charge is 2.48. The molecule has 4 N–H and O–H groups in total. The van der Waals surface area contributed by atoms with Gasteiger partial charge in [0, 0.05) is 13.0 Å². The number of carbonyl (C=O) groups excluding carboxylic acids is 1. The highest BCUT2D eigenvalue weighted by molar-refractivity contribution is 7.80. The van der Waals surface area contributed by atoms with Crippen molar-refractivity contribution in [2.45, 2.75) is 243 Å². The molecule has 0 spiro atoms. The Balaban J connectivity index is 2.30. The molecule has 1 rings (SSSR count). The zero-order valence-electron chi connectivity index (χ0n) is 38.9. The molecule has 1 aliphatic rings. The molecule has 0 radical (unpaired) electrons. The molecule has 13 heteroatoms. The van der Waals surface area contributed by atoms with E-state index in [1.54, 1.807) is 0 Å². The number of carbonyl (C=O) groups is 1. The van der Waals surface area contributed by atoms with Crippen LogP contribution in [-0.2, 0) is 38.3 Å². The van der Waals surface area contributed by atoms with Crippen molar-refractivity contribution in [2.24, 2.45) is 0 Å². The molecule has 364 valence electrons. The van der Waals surface area contributed by atoms with Crippen molar-refractivity contribution in [1.82, 2.24) is 0 Å². The minimum absolute atomic E-state index is 0.0366. The van der Waals surface area contributed by atoms with Gasteiger partial charge in [0.05, 0.1) is 19.8 Å². The molecule has 62 heavy (non-hydrogen) atoms. The summed E-state index contributed by atoms with van der Waals surface area (Å²) in [5.41, 5.74) is 0. The van der Waals surface area contributed by atoms with Gasteiger partial charge in [-0.2, -0.15) is 8.42 Å². The summed E-state index contributed by atoms with van der Waals surface area (Å²) in [7, 11) is -5.06. The third kappa shape index (κ3) is 33.8. The van der Waals surface area contributed by atoms with E-state index in [0.717, 1.165) is 57.8 Å². The number of rotatable bonds is 43. The molecular formula is C49H90O12S. The third-order valence-corrected chi connectivity index (χ3v) is 11.7. The summed E-state index contributed by atoms with van der Waals surface area (Å²) in [6.07, 6.45) is 39.0. The monoisotopic (exact) mass is 903 g/mol. The van der Waals surface area contributed by atoms with Crippen LogP contribution in [0.2, 0.25) is 0 Å². The van der Waals surface area contributed by atoms with Crippen LogP contribution in [0.15, 0.2) is 36.5 Å². The standard InChI is InChI=1S/C49H90O12S/c1-3-5-7-9-11-13-15-16-17-18-19-20-21-22-23-24-25-26-27-28-29-30-32-34-36-38-45(51)59-43(41-57-39-37-35-33-31-14-12-10-8-6-4-2)42-58-49-47(53)48(61-62(54,55)56)46(52)44(40-50)60-49/h15-16,18-19,21-22,43-44,46-50,52-53H,3-14,17,20,23-42H2,1-2H3,(H,54,55,56)/b16-15-,19-18-,22-21-. The van der Waals surface area contributed by atoms with Gasteiger partial charge in [-0.25, -0.2) is 4.18 Å². The first kappa shape index (κ1) is 58.3. The Morgan fingerprint density at radius 2 is 1.06 bits per heavy atom. The highest BCUT2D eigenvalue weighted by atomic mass is 32.3. The van der Waals surface area contributed by atoms with E-state index in [0.29, 0.717) is 13.0 Å². The molecule has 0 bridgehead atoms. The first-order valence-corrected chi connectivity index (χ1v) is 26.1. The van der Waals surface area contributed by atoms with E-state index in [1.807, 2.05) is 0 Å². The number of aliphatic hydroxyl groups is 3. The fourth-order valence-electron chi connectivity index (χ4n) is 7.50. The van der Waals surface area contributed by atoms with Crippen LogP contribution < -0.4 is 0 Å². The molecule has 0 aromatic heterocycles. The van der Waals surface area contributed by atoms with E-state index in [9.17, 15) is 28.5 Å². The molecule has 1 fully saturated rings. The molecule has 0 amide bonds. The SMILES string of the molecule is CCCCCCC/C=C\C/C=C\C/C=C\CCCCCCCCCCCCC(=O)OC(COCCCCCCCCCCCC)COC1OC(CO)C(O)C(OS(=O)(=O)O)C1O. The molecule has 0 aliphatic carbocycles. The number of hydrogen-bond acceptors (Lipinski definition) is 11. The lowest BCUT2D eigenvalue weighted by molar-refractivity contribution is -0.301. The molecule has 6 atom stereocenters. The quantitative estimate of drug-likeness (QED) is 0.0197.